The van der Waals surface area contributed by atoms with Gasteiger partial charge in [0.25, 0.3) is 11.6 Å². The van der Waals surface area contributed by atoms with Gasteiger partial charge in [-0.3, -0.25) is 14.9 Å². The molecule has 0 radical (unpaired) electrons. The number of amides is 1. The second kappa shape index (κ2) is 9.30. The van der Waals surface area contributed by atoms with Crippen molar-refractivity contribution in [2.24, 2.45) is 0 Å². The first-order chi connectivity index (χ1) is 15.1. The summed E-state index contributed by atoms with van der Waals surface area (Å²) in [6.45, 7) is 8.83. The molecule has 1 aromatic heterocycles. The minimum absolute atomic E-state index is 0.00988. The Morgan fingerprint density at radius 2 is 1.71 bits per heavy atom. The molecule has 31 heavy (non-hydrogen) atoms. The van der Waals surface area contributed by atoms with E-state index in [1.807, 2.05) is 23.1 Å². The van der Waals surface area contributed by atoms with Crippen molar-refractivity contribution in [2.75, 3.05) is 68.7 Å². The number of nitro groups is 1. The van der Waals surface area contributed by atoms with E-state index in [1.165, 1.54) is 6.07 Å². The van der Waals surface area contributed by atoms with Gasteiger partial charge in [0.05, 0.1) is 4.92 Å². The van der Waals surface area contributed by atoms with Crippen molar-refractivity contribution in [3.05, 3.63) is 58.3 Å². The number of anilines is 2. The molecule has 2 fully saturated rings. The molecule has 0 N–H and O–H groups in total. The van der Waals surface area contributed by atoms with Crippen LogP contribution < -0.4 is 9.80 Å². The highest BCUT2D eigenvalue weighted by atomic mass is 16.6. The second-order valence-corrected chi connectivity index (χ2v) is 7.85. The Bertz CT molecular complexity index is 922. The Labute approximate surface area is 182 Å². The van der Waals surface area contributed by atoms with E-state index in [1.54, 1.807) is 23.2 Å². The van der Waals surface area contributed by atoms with Gasteiger partial charge in [-0.1, -0.05) is 13.0 Å². The van der Waals surface area contributed by atoms with Crippen LogP contribution >= 0.6 is 0 Å². The number of nitro benzene ring substituents is 1. The largest absolute Gasteiger partial charge is 0.362 e. The lowest BCUT2D eigenvalue weighted by Gasteiger charge is -2.36. The molecule has 1 amide bonds. The molecule has 0 unspecified atom stereocenters. The van der Waals surface area contributed by atoms with Crippen molar-refractivity contribution in [3.63, 3.8) is 0 Å². The minimum atomic E-state index is -0.383. The Morgan fingerprint density at radius 3 is 2.32 bits per heavy atom. The van der Waals surface area contributed by atoms with Crippen molar-refractivity contribution < 1.29 is 9.72 Å². The van der Waals surface area contributed by atoms with Crippen molar-refractivity contribution >= 4 is 23.1 Å². The van der Waals surface area contributed by atoms with Crippen molar-refractivity contribution in [2.45, 2.75) is 6.92 Å². The summed E-state index contributed by atoms with van der Waals surface area (Å²) in [7, 11) is 0. The summed E-state index contributed by atoms with van der Waals surface area (Å²) in [5.41, 5.74) is 0.940. The molecule has 4 rings (SSSR count). The van der Waals surface area contributed by atoms with Crippen LogP contribution in [0, 0.1) is 10.1 Å². The summed E-state index contributed by atoms with van der Waals surface area (Å²) in [5.74, 6) is 0.783. The van der Waals surface area contributed by atoms with E-state index >= 15 is 0 Å². The average molecular weight is 425 g/mol. The first-order valence-electron chi connectivity index (χ1n) is 10.8. The predicted octanol–water partition coefficient (Wildman–Crippen LogP) is 2.09. The molecular formula is C22H28N6O3. The quantitative estimate of drug-likeness (QED) is 0.537. The summed E-state index contributed by atoms with van der Waals surface area (Å²) in [5, 5.41) is 11.8. The van der Waals surface area contributed by atoms with Crippen LogP contribution in [0.4, 0.5) is 17.2 Å². The summed E-state index contributed by atoms with van der Waals surface area (Å²) >= 11 is 0. The molecule has 2 saturated heterocycles. The first kappa shape index (κ1) is 21.0. The van der Waals surface area contributed by atoms with Crippen LogP contribution in [-0.4, -0.2) is 84.5 Å². The Morgan fingerprint density at radius 1 is 1.00 bits per heavy atom. The lowest BCUT2D eigenvalue weighted by molar-refractivity contribution is -0.384. The minimum Gasteiger partial charge on any atom is -0.362 e. The average Bonchev–Trinajstić information content (AvgIpc) is 2.84. The second-order valence-electron chi connectivity index (χ2n) is 7.85. The molecule has 0 spiro atoms. The maximum atomic E-state index is 12.9. The SMILES string of the molecule is CCN1CCN(C(=O)c2ccc(N3CCN(c4ccccn4)CC3)c([N+](=O)[O-])c2)CC1. The highest BCUT2D eigenvalue weighted by molar-refractivity contribution is 5.96. The number of nitrogens with zero attached hydrogens (tertiary/aromatic N) is 6. The van der Waals surface area contributed by atoms with Gasteiger partial charge < -0.3 is 19.6 Å². The van der Waals surface area contributed by atoms with Gasteiger partial charge in [0.2, 0.25) is 0 Å². The topological polar surface area (TPSA) is 86.1 Å². The number of benzene rings is 1. The zero-order valence-corrected chi connectivity index (χ0v) is 17.8. The van der Waals surface area contributed by atoms with E-state index in [2.05, 4.69) is 21.7 Å². The molecule has 0 saturated carbocycles. The number of carbonyl (C=O) groups is 1. The number of rotatable bonds is 5. The van der Waals surface area contributed by atoms with Crippen LogP contribution in [0.5, 0.6) is 0 Å². The number of piperazine rings is 2. The summed E-state index contributed by atoms with van der Waals surface area (Å²) in [4.78, 5) is 37.0. The number of hydrogen-bond donors (Lipinski definition) is 0. The fraction of sp³-hybridized carbons (Fsp3) is 0.455. The zero-order valence-electron chi connectivity index (χ0n) is 17.8. The van der Waals surface area contributed by atoms with Crippen LogP contribution in [0.1, 0.15) is 17.3 Å². The van der Waals surface area contributed by atoms with E-state index in [0.29, 0.717) is 37.4 Å². The molecule has 0 atom stereocenters. The van der Waals surface area contributed by atoms with E-state index in [9.17, 15) is 14.9 Å². The van der Waals surface area contributed by atoms with Gasteiger partial charge in [-0.15, -0.1) is 0 Å². The predicted molar refractivity (Wildman–Crippen MR) is 120 cm³/mol. The lowest BCUT2D eigenvalue weighted by atomic mass is 10.1. The standard InChI is InChI=1S/C22H28N6O3/c1-2-24-9-11-27(12-10-24)22(29)18-6-7-19(20(17-18)28(30)31)25-13-15-26(16-14-25)21-5-3-4-8-23-21/h3-8,17H,2,9-16H2,1H3. The zero-order chi connectivity index (χ0) is 21.8. The van der Waals surface area contributed by atoms with Crippen LogP contribution in [0.15, 0.2) is 42.6 Å². The molecular weight excluding hydrogens is 396 g/mol. The van der Waals surface area contributed by atoms with E-state index in [0.717, 1.165) is 38.5 Å². The molecule has 164 valence electrons. The van der Waals surface area contributed by atoms with E-state index in [4.69, 9.17) is 0 Å². The van der Waals surface area contributed by atoms with Crippen molar-refractivity contribution in [1.82, 2.24) is 14.8 Å². The highest BCUT2D eigenvalue weighted by Crippen LogP contribution is 2.31. The third kappa shape index (κ3) is 4.61. The smallest absolute Gasteiger partial charge is 0.293 e. The summed E-state index contributed by atoms with van der Waals surface area (Å²) in [6.07, 6.45) is 1.77. The van der Waals surface area contributed by atoms with Gasteiger partial charge >= 0.3 is 0 Å². The maximum Gasteiger partial charge on any atom is 0.293 e. The Balaban J connectivity index is 1.47. The van der Waals surface area contributed by atoms with E-state index < -0.39 is 0 Å². The third-order valence-electron chi connectivity index (χ3n) is 6.12. The van der Waals surface area contributed by atoms with Gasteiger partial charge in [-0.2, -0.15) is 0 Å². The van der Waals surface area contributed by atoms with Gasteiger partial charge in [-0.25, -0.2) is 4.98 Å². The number of aromatic nitrogens is 1. The summed E-state index contributed by atoms with van der Waals surface area (Å²) in [6, 6.07) is 10.7. The Hall–Kier alpha value is -3.20. The molecule has 3 heterocycles. The molecule has 9 heteroatoms. The number of hydrogen-bond acceptors (Lipinski definition) is 7. The molecule has 0 aliphatic carbocycles. The molecule has 2 aliphatic rings. The molecule has 9 nitrogen and oxygen atoms in total. The fourth-order valence-electron chi connectivity index (χ4n) is 4.24. The Kier molecular flexibility index (Phi) is 6.31. The molecule has 2 aromatic rings. The maximum absolute atomic E-state index is 12.9. The molecule has 2 aliphatic heterocycles. The fourth-order valence-corrected chi connectivity index (χ4v) is 4.24. The van der Waals surface area contributed by atoms with Gasteiger partial charge in [0.15, 0.2) is 0 Å². The van der Waals surface area contributed by atoms with Crippen molar-refractivity contribution in [1.29, 1.82) is 0 Å². The van der Waals surface area contributed by atoms with Crippen LogP contribution in [0.25, 0.3) is 0 Å². The normalized spacial score (nSPS) is 17.6. The number of pyridine rings is 1. The first-order valence-corrected chi connectivity index (χ1v) is 10.8. The van der Waals surface area contributed by atoms with Crippen LogP contribution in [-0.2, 0) is 0 Å². The highest BCUT2D eigenvalue weighted by Gasteiger charge is 2.27. The van der Waals surface area contributed by atoms with Crippen LogP contribution in [0.3, 0.4) is 0 Å². The monoisotopic (exact) mass is 424 g/mol. The molecule has 0 bridgehead atoms. The number of likely N-dealkylation sites (N-methyl/N-ethyl adjacent to an activating group) is 1. The van der Waals surface area contributed by atoms with Gasteiger partial charge in [0, 0.05) is 70.2 Å². The molecule has 1 aromatic carbocycles. The van der Waals surface area contributed by atoms with Gasteiger partial charge in [-0.05, 0) is 30.8 Å². The van der Waals surface area contributed by atoms with Crippen LogP contribution in [0.2, 0.25) is 0 Å². The third-order valence-corrected chi connectivity index (χ3v) is 6.12. The van der Waals surface area contributed by atoms with Gasteiger partial charge in [0.1, 0.15) is 11.5 Å². The van der Waals surface area contributed by atoms with Crippen molar-refractivity contribution in [3.8, 4) is 0 Å². The number of carbonyl (C=O) groups excluding carboxylic acids is 1. The lowest BCUT2D eigenvalue weighted by Crippen LogP contribution is -2.48. The van der Waals surface area contributed by atoms with E-state index in [-0.39, 0.29) is 16.5 Å². The summed E-state index contributed by atoms with van der Waals surface area (Å²) < 4.78 is 0.